The van der Waals surface area contributed by atoms with Gasteiger partial charge < -0.3 is 26.3 Å². The summed E-state index contributed by atoms with van der Waals surface area (Å²) >= 11 is 0. The van der Waals surface area contributed by atoms with Crippen molar-refractivity contribution in [1.29, 1.82) is 0 Å². The molecule has 0 radical (unpaired) electrons. The highest BCUT2D eigenvalue weighted by molar-refractivity contribution is 5.76. The van der Waals surface area contributed by atoms with Gasteiger partial charge in [-0.1, -0.05) is 0 Å². The van der Waals surface area contributed by atoms with Crippen LogP contribution in [-0.4, -0.2) is 25.7 Å². The van der Waals surface area contributed by atoms with Crippen LogP contribution in [0.1, 0.15) is 6.42 Å². The van der Waals surface area contributed by atoms with E-state index in [-0.39, 0.29) is 12.3 Å². The molecule has 0 saturated heterocycles. The first-order valence-electron chi connectivity index (χ1n) is 5.38. The number of hydrogen-bond donors (Lipinski definition) is 3. The predicted molar refractivity (Wildman–Crippen MR) is 64.1 cm³/mol. The Balaban J connectivity index is 2.09. The highest BCUT2D eigenvalue weighted by Crippen LogP contribution is 2.36. The van der Waals surface area contributed by atoms with Crippen molar-refractivity contribution in [2.75, 3.05) is 30.8 Å². The minimum atomic E-state index is -0.353. The maximum atomic E-state index is 10.6. The summed E-state index contributed by atoms with van der Waals surface area (Å²) in [6.45, 7) is 1.50. The molecule has 0 spiro atoms. The molecular weight excluding hydrogens is 222 g/mol. The van der Waals surface area contributed by atoms with Crippen molar-refractivity contribution in [3.8, 4) is 11.5 Å². The summed E-state index contributed by atoms with van der Waals surface area (Å²) < 4.78 is 10.8. The van der Waals surface area contributed by atoms with Gasteiger partial charge >= 0.3 is 0 Å². The van der Waals surface area contributed by atoms with Gasteiger partial charge in [-0.05, 0) is 0 Å². The van der Waals surface area contributed by atoms with Crippen LogP contribution in [0.5, 0.6) is 11.5 Å². The molecule has 0 bridgehead atoms. The molecule has 0 unspecified atom stereocenters. The summed E-state index contributed by atoms with van der Waals surface area (Å²) in [6, 6.07) is 3.48. The minimum Gasteiger partial charge on any atom is -0.486 e. The van der Waals surface area contributed by atoms with E-state index in [1.165, 1.54) is 0 Å². The van der Waals surface area contributed by atoms with Crippen molar-refractivity contribution >= 4 is 17.3 Å². The molecule has 0 saturated carbocycles. The Labute approximate surface area is 98.9 Å². The van der Waals surface area contributed by atoms with Crippen LogP contribution in [0.15, 0.2) is 12.1 Å². The van der Waals surface area contributed by atoms with Gasteiger partial charge in [0.05, 0.1) is 11.4 Å². The van der Waals surface area contributed by atoms with Crippen molar-refractivity contribution in [2.45, 2.75) is 6.42 Å². The SMILES string of the molecule is NC(=O)CCNc1cc2c(cc1N)OCCO2. The van der Waals surface area contributed by atoms with Crippen LogP contribution in [0.2, 0.25) is 0 Å². The first-order valence-corrected chi connectivity index (χ1v) is 5.38. The quantitative estimate of drug-likeness (QED) is 0.655. The Morgan fingerprint density at radius 2 is 1.94 bits per heavy atom. The Morgan fingerprint density at radius 3 is 2.59 bits per heavy atom. The molecule has 6 nitrogen and oxygen atoms in total. The van der Waals surface area contributed by atoms with Crippen molar-refractivity contribution < 1.29 is 14.3 Å². The van der Waals surface area contributed by atoms with Crippen molar-refractivity contribution in [2.24, 2.45) is 5.73 Å². The normalized spacial score (nSPS) is 13.2. The van der Waals surface area contributed by atoms with Crippen molar-refractivity contribution in [3.63, 3.8) is 0 Å². The molecule has 92 valence electrons. The van der Waals surface area contributed by atoms with Gasteiger partial charge in [0.1, 0.15) is 13.2 Å². The van der Waals surface area contributed by atoms with Crippen molar-refractivity contribution in [3.05, 3.63) is 12.1 Å². The fourth-order valence-electron chi connectivity index (χ4n) is 1.58. The van der Waals surface area contributed by atoms with Gasteiger partial charge in [-0.2, -0.15) is 0 Å². The highest BCUT2D eigenvalue weighted by Gasteiger charge is 2.14. The summed E-state index contributed by atoms with van der Waals surface area (Å²) in [5, 5.41) is 3.03. The molecule has 1 heterocycles. The van der Waals surface area contributed by atoms with Crippen LogP contribution in [0.4, 0.5) is 11.4 Å². The highest BCUT2D eigenvalue weighted by atomic mass is 16.6. The zero-order valence-corrected chi connectivity index (χ0v) is 9.36. The third kappa shape index (κ3) is 2.72. The fraction of sp³-hybridized carbons (Fsp3) is 0.364. The zero-order valence-electron chi connectivity index (χ0n) is 9.36. The summed E-state index contributed by atoms with van der Waals surface area (Å²) in [7, 11) is 0. The average Bonchev–Trinajstić information content (AvgIpc) is 2.29. The standard InChI is InChI=1S/C11H15N3O3/c12-7-5-9-10(17-4-3-16-9)6-8(7)14-2-1-11(13)15/h5-6,14H,1-4,12H2,(H2,13,15). The van der Waals surface area contributed by atoms with E-state index in [0.717, 1.165) is 5.69 Å². The molecule has 2 rings (SSSR count). The number of ether oxygens (including phenoxy) is 2. The molecule has 0 aliphatic carbocycles. The largest absolute Gasteiger partial charge is 0.486 e. The second-order valence-electron chi connectivity index (χ2n) is 3.73. The number of fused-ring (bicyclic) bond motifs is 1. The van der Waals surface area contributed by atoms with Gasteiger partial charge in [0.25, 0.3) is 0 Å². The number of benzene rings is 1. The van der Waals surface area contributed by atoms with E-state index in [9.17, 15) is 4.79 Å². The van der Waals surface area contributed by atoms with Gasteiger partial charge in [-0.3, -0.25) is 4.79 Å². The first-order chi connectivity index (χ1) is 8.16. The average molecular weight is 237 g/mol. The molecule has 6 heteroatoms. The zero-order chi connectivity index (χ0) is 12.3. The summed E-state index contributed by atoms with van der Waals surface area (Å²) in [6.07, 6.45) is 0.258. The fourth-order valence-corrected chi connectivity index (χ4v) is 1.58. The molecule has 1 amide bonds. The summed E-state index contributed by atoms with van der Waals surface area (Å²) in [5.41, 5.74) is 12.2. The number of nitrogens with one attached hydrogen (secondary N) is 1. The molecule has 1 aromatic rings. The third-order valence-corrected chi connectivity index (χ3v) is 2.40. The maximum absolute atomic E-state index is 10.6. The van der Waals surface area contributed by atoms with Crippen LogP contribution in [0, 0.1) is 0 Å². The Kier molecular flexibility index (Phi) is 3.22. The van der Waals surface area contributed by atoms with Crippen LogP contribution in [0.25, 0.3) is 0 Å². The third-order valence-electron chi connectivity index (χ3n) is 2.40. The predicted octanol–water partition coefficient (Wildman–Crippen LogP) is 0.327. The second-order valence-corrected chi connectivity index (χ2v) is 3.73. The number of hydrogen-bond acceptors (Lipinski definition) is 5. The molecule has 1 aliphatic rings. The molecule has 1 aromatic carbocycles. The Bertz CT molecular complexity index is 434. The van der Waals surface area contributed by atoms with Gasteiger partial charge in [0.2, 0.25) is 5.91 Å². The molecule has 0 aromatic heterocycles. The van der Waals surface area contributed by atoms with Crippen LogP contribution in [-0.2, 0) is 4.79 Å². The van der Waals surface area contributed by atoms with Gasteiger partial charge in [-0.25, -0.2) is 0 Å². The summed E-state index contributed by atoms with van der Waals surface area (Å²) in [5.74, 6) is 0.954. The lowest BCUT2D eigenvalue weighted by atomic mass is 10.2. The monoisotopic (exact) mass is 237 g/mol. The number of nitrogens with two attached hydrogens (primary N) is 2. The second kappa shape index (κ2) is 4.82. The summed E-state index contributed by atoms with van der Waals surface area (Å²) in [4.78, 5) is 10.6. The van der Waals surface area contributed by atoms with E-state index in [4.69, 9.17) is 20.9 Å². The number of anilines is 2. The molecule has 0 fully saturated rings. The molecule has 0 atom stereocenters. The molecule has 1 aliphatic heterocycles. The number of rotatable bonds is 4. The van der Waals surface area contributed by atoms with E-state index < -0.39 is 0 Å². The number of amides is 1. The molecule has 17 heavy (non-hydrogen) atoms. The molecular formula is C11H15N3O3. The minimum absolute atomic E-state index is 0.258. The first kappa shape index (κ1) is 11.4. The van der Waals surface area contributed by atoms with Crippen LogP contribution < -0.4 is 26.3 Å². The number of carbonyl (C=O) groups is 1. The van der Waals surface area contributed by atoms with Gasteiger partial charge in [0, 0.05) is 25.1 Å². The van der Waals surface area contributed by atoms with Gasteiger partial charge in [-0.15, -0.1) is 0 Å². The van der Waals surface area contributed by atoms with Gasteiger partial charge in [0.15, 0.2) is 11.5 Å². The number of carbonyl (C=O) groups excluding carboxylic acids is 1. The van der Waals surface area contributed by atoms with Crippen LogP contribution in [0.3, 0.4) is 0 Å². The van der Waals surface area contributed by atoms with E-state index in [1.807, 2.05) is 0 Å². The topological polar surface area (TPSA) is 99.6 Å². The smallest absolute Gasteiger partial charge is 0.219 e. The number of nitrogen functional groups attached to an aromatic ring is 1. The van der Waals surface area contributed by atoms with E-state index >= 15 is 0 Å². The van der Waals surface area contributed by atoms with Crippen LogP contribution >= 0.6 is 0 Å². The van der Waals surface area contributed by atoms with Crippen molar-refractivity contribution in [1.82, 2.24) is 0 Å². The lowest BCUT2D eigenvalue weighted by Gasteiger charge is -2.20. The maximum Gasteiger partial charge on any atom is 0.219 e. The lowest BCUT2D eigenvalue weighted by Crippen LogP contribution is -2.18. The lowest BCUT2D eigenvalue weighted by molar-refractivity contribution is -0.117. The Hall–Kier alpha value is -2.11. The van der Waals surface area contributed by atoms with E-state index in [0.29, 0.717) is 36.9 Å². The Morgan fingerprint density at radius 1 is 1.29 bits per heavy atom. The number of primary amides is 1. The van der Waals surface area contributed by atoms with E-state index in [2.05, 4.69) is 5.32 Å². The molecule has 5 N–H and O–H groups in total. The van der Waals surface area contributed by atoms with E-state index in [1.54, 1.807) is 12.1 Å².